The van der Waals surface area contributed by atoms with Crippen molar-refractivity contribution in [1.29, 1.82) is 0 Å². The van der Waals surface area contributed by atoms with Gasteiger partial charge < -0.3 is 10.4 Å². The summed E-state index contributed by atoms with van der Waals surface area (Å²) in [6.45, 7) is 2.28. The van der Waals surface area contributed by atoms with Gasteiger partial charge in [-0.3, -0.25) is 0 Å². The fourth-order valence-electron chi connectivity index (χ4n) is 3.68. The van der Waals surface area contributed by atoms with E-state index in [0.29, 0.717) is 11.7 Å². The molecule has 0 spiro atoms. The van der Waals surface area contributed by atoms with Gasteiger partial charge in [0.2, 0.25) is 0 Å². The Labute approximate surface area is 116 Å². The lowest BCUT2D eigenvalue weighted by Gasteiger charge is -2.25. The highest BCUT2D eigenvalue weighted by Gasteiger charge is 2.20. The molecule has 0 bridgehead atoms. The van der Waals surface area contributed by atoms with Gasteiger partial charge in [-0.05, 0) is 86.7 Å². The van der Waals surface area contributed by atoms with Crippen molar-refractivity contribution < 1.29 is 5.11 Å². The van der Waals surface area contributed by atoms with Crippen molar-refractivity contribution in [2.75, 3.05) is 13.1 Å². The summed E-state index contributed by atoms with van der Waals surface area (Å²) in [5.74, 6) is 1.24. The van der Waals surface area contributed by atoms with Crippen LogP contribution in [0.25, 0.3) is 0 Å². The van der Waals surface area contributed by atoms with Crippen LogP contribution in [0.3, 0.4) is 0 Å². The first-order valence-electron chi connectivity index (χ1n) is 7.88. The number of benzene rings is 1. The van der Waals surface area contributed by atoms with Crippen molar-refractivity contribution >= 4 is 0 Å². The minimum Gasteiger partial charge on any atom is -0.508 e. The van der Waals surface area contributed by atoms with Crippen LogP contribution in [0.15, 0.2) is 12.1 Å². The molecule has 0 aromatic heterocycles. The second-order valence-electron chi connectivity index (χ2n) is 6.18. The third kappa shape index (κ3) is 2.94. The molecule has 19 heavy (non-hydrogen) atoms. The molecule has 1 aromatic carbocycles. The van der Waals surface area contributed by atoms with E-state index in [1.54, 1.807) is 0 Å². The van der Waals surface area contributed by atoms with Crippen LogP contribution in [-0.4, -0.2) is 18.2 Å². The SMILES string of the molecule is Oc1ccc2c(c1CC1CCCNC1)CCCCC2. The number of aryl methyl sites for hydroxylation is 1. The number of phenolic OH excluding ortho intramolecular Hbond substituents is 1. The summed E-state index contributed by atoms with van der Waals surface area (Å²) in [5.41, 5.74) is 4.23. The Morgan fingerprint density at radius 2 is 2.00 bits per heavy atom. The molecule has 2 N–H and O–H groups in total. The topological polar surface area (TPSA) is 32.3 Å². The predicted molar refractivity (Wildman–Crippen MR) is 78.7 cm³/mol. The summed E-state index contributed by atoms with van der Waals surface area (Å²) < 4.78 is 0. The number of hydrogen-bond acceptors (Lipinski definition) is 2. The first-order valence-corrected chi connectivity index (χ1v) is 7.88. The predicted octanol–water partition coefficient (Wildman–Crippen LogP) is 3.20. The summed E-state index contributed by atoms with van der Waals surface area (Å²) in [6.07, 6.45) is 9.93. The van der Waals surface area contributed by atoms with Crippen LogP contribution in [0.5, 0.6) is 5.75 Å². The molecule has 1 unspecified atom stereocenters. The average molecular weight is 259 g/mol. The Bertz CT molecular complexity index is 435. The molecule has 2 nitrogen and oxygen atoms in total. The fraction of sp³-hybridized carbons (Fsp3) is 0.647. The molecular weight excluding hydrogens is 234 g/mol. The van der Waals surface area contributed by atoms with E-state index in [9.17, 15) is 5.11 Å². The van der Waals surface area contributed by atoms with E-state index in [4.69, 9.17) is 0 Å². The van der Waals surface area contributed by atoms with Crippen LogP contribution in [0, 0.1) is 5.92 Å². The summed E-state index contributed by atoms with van der Waals surface area (Å²) >= 11 is 0. The van der Waals surface area contributed by atoms with Crippen molar-refractivity contribution in [2.24, 2.45) is 5.92 Å². The zero-order valence-electron chi connectivity index (χ0n) is 11.8. The van der Waals surface area contributed by atoms with E-state index in [-0.39, 0.29) is 0 Å². The molecular formula is C17H25NO. The number of nitrogens with one attached hydrogen (secondary N) is 1. The molecule has 2 aliphatic rings. The average Bonchev–Trinajstić information content (AvgIpc) is 2.69. The number of piperidine rings is 1. The molecule has 1 saturated heterocycles. The van der Waals surface area contributed by atoms with Gasteiger partial charge in [-0.1, -0.05) is 12.5 Å². The zero-order valence-corrected chi connectivity index (χ0v) is 11.8. The maximum atomic E-state index is 10.3. The Morgan fingerprint density at radius 1 is 1.11 bits per heavy atom. The summed E-state index contributed by atoms with van der Waals surface area (Å²) in [4.78, 5) is 0. The van der Waals surface area contributed by atoms with Gasteiger partial charge in [0, 0.05) is 0 Å². The lowest BCUT2D eigenvalue weighted by molar-refractivity contribution is 0.368. The smallest absolute Gasteiger partial charge is 0.119 e. The molecule has 0 saturated carbocycles. The van der Waals surface area contributed by atoms with Crippen molar-refractivity contribution in [1.82, 2.24) is 5.32 Å². The van der Waals surface area contributed by atoms with Gasteiger partial charge in [0.25, 0.3) is 0 Å². The first-order chi connectivity index (χ1) is 9.34. The lowest BCUT2D eigenvalue weighted by atomic mass is 9.87. The molecule has 1 heterocycles. The van der Waals surface area contributed by atoms with E-state index in [0.717, 1.165) is 19.5 Å². The highest BCUT2D eigenvalue weighted by Crippen LogP contribution is 2.32. The molecule has 0 radical (unpaired) electrons. The van der Waals surface area contributed by atoms with Gasteiger partial charge in [0.05, 0.1) is 0 Å². The van der Waals surface area contributed by atoms with Crippen LogP contribution in [-0.2, 0) is 19.3 Å². The maximum Gasteiger partial charge on any atom is 0.119 e. The molecule has 1 atom stereocenters. The Hall–Kier alpha value is -1.02. The molecule has 1 fully saturated rings. The van der Waals surface area contributed by atoms with Gasteiger partial charge in [0.15, 0.2) is 0 Å². The number of phenols is 1. The Balaban J connectivity index is 1.86. The molecule has 1 aromatic rings. The van der Waals surface area contributed by atoms with Gasteiger partial charge in [-0.15, -0.1) is 0 Å². The number of fused-ring (bicyclic) bond motifs is 1. The second kappa shape index (κ2) is 5.96. The molecule has 1 aliphatic carbocycles. The summed E-state index contributed by atoms with van der Waals surface area (Å²) in [6, 6.07) is 4.08. The molecule has 2 heteroatoms. The normalized spacial score (nSPS) is 23.7. The van der Waals surface area contributed by atoms with E-state index in [1.165, 1.54) is 61.6 Å². The van der Waals surface area contributed by atoms with Gasteiger partial charge >= 0.3 is 0 Å². The monoisotopic (exact) mass is 259 g/mol. The first kappa shape index (κ1) is 13.0. The lowest BCUT2D eigenvalue weighted by Crippen LogP contribution is -2.31. The van der Waals surface area contributed by atoms with Crippen molar-refractivity contribution in [2.45, 2.75) is 51.4 Å². The molecule has 0 amide bonds. The van der Waals surface area contributed by atoms with Gasteiger partial charge in [-0.2, -0.15) is 0 Å². The number of aromatic hydroxyl groups is 1. The van der Waals surface area contributed by atoms with Gasteiger partial charge in [0.1, 0.15) is 5.75 Å². The van der Waals surface area contributed by atoms with Crippen molar-refractivity contribution in [3.63, 3.8) is 0 Å². The molecule has 1 aliphatic heterocycles. The third-order valence-electron chi connectivity index (χ3n) is 4.77. The maximum absolute atomic E-state index is 10.3. The molecule has 3 rings (SSSR count). The van der Waals surface area contributed by atoms with Crippen LogP contribution in [0.1, 0.15) is 48.8 Å². The van der Waals surface area contributed by atoms with Crippen molar-refractivity contribution in [3.8, 4) is 5.75 Å². The zero-order chi connectivity index (χ0) is 13.1. The molecule has 104 valence electrons. The summed E-state index contributed by atoms with van der Waals surface area (Å²) in [7, 11) is 0. The van der Waals surface area contributed by atoms with Gasteiger partial charge in [-0.25, -0.2) is 0 Å². The van der Waals surface area contributed by atoms with Crippen LogP contribution in [0.2, 0.25) is 0 Å². The van der Waals surface area contributed by atoms with E-state index >= 15 is 0 Å². The van der Waals surface area contributed by atoms with Crippen LogP contribution >= 0.6 is 0 Å². The standard InChI is InChI=1S/C17H25NO/c19-17-9-8-14-6-2-1-3-7-15(14)16(17)11-13-5-4-10-18-12-13/h8-9,13,18-19H,1-7,10-12H2. The minimum absolute atomic E-state index is 0.534. The quantitative estimate of drug-likeness (QED) is 0.799. The van der Waals surface area contributed by atoms with Crippen LogP contribution in [0.4, 0.5) is 0 Å². The van der Waals surface area contributed by atoms with E-state index < -0.39 is 0 Å². The van der Waals surface area contributed by atoms with Crippen molar-refractivity contribution in [3.05, 3.63) is 28.8 Å². The highest BCUT2D eigenvalue weighted by molar-refractivity contribution is 5.45. The Kier molecular flexibility index (Phi) is 4.07. The van der Waals surface area contributed by atoms with E-state index in [2.05, 4.69) is 11.4 Å². The third-order valence-corrected chi connectivity index (χ3v) is 4.77. The second-order valence-corrected chi connectivity index (χ2v) is 6.18. The number of hydrogen-bond donors (Lipinski definition) is 2. The Morgan fingerprint density at radius 3 is 2.84 bits per heavy atom. The highest BCUT2D eigenvalue weighted by atomic mass is 16.3. The summed E-state index contributed by atoms with van der Waals surface area (Å²) in [5, 5.41) is 13.8. The largest absolute Gasteiger partial charge is 0.508 e. The fourth-order valence-corrected chi connectivity index (χ4v) is 3.68. The van der Waals surface area contributed by atoms with E-state index in [1.807, 2.05) is 6.07 Å². The minimum atomic E-state index is 0.534. The van der Waals surface area contributed by atoms with Crippen LogP contribution < -0.4 is 5.32 Å². The number of rotatable bonds is 2.